The Morgan fingerprint density at radius 1 is 1.38 bits per heavy atom. The molecule has 0 aromatic heterocycles. The van der Waals surface area contributed by atoms with Crippen molar-refractivity contribution in [2.45, 2.75) is 38.3 Å². The maximum Gasteiger partial charge on any atom is 0.0195 e. The molecule has 0 radical (unpaired) electrons. The molecule has 2 rings (SSSR count). The molecule has 0 aromatic carbocycles. The van der Waals surface area contributed by atoms with Gasteiger partial charge in [-0.3, -0.25) is 4.90 Å². The minimum absolute atomic E-state index is 0.727. The van der Waals surface area contributed by atoms with Crippen molar-refractivity contribution in [3.05, 3.63) is 12.2 Å². The Bertz CT molecular complexity index is 189. The van der Waals surface area contributed by atoms with E-state index in [1.807, 2.05) is 0 Å². The minimum atomic E-state index is 0.727. The van der Waals surface area contributed by atoms with Crippen LogP contribution in [0.5, 0.6) is 0 Å². The first kappa shape index (κ1) is 9.22. The number of rotatable bonds is 1. The average molecular weight is 180 g/mol. The lowest BCUT2D eigenvalue weighted by Gasteiger charge is -2.40. The molecule has 0 aromatic rings. The van der Waals surface area contributed by atoms with E-state index in [1.165, 1.54) is 38.9 Å². The molecule has 0 bridgehead atoms. The van der Waals surface area contributed by atoms with Crippen molar-refractivity contribution in [3.63, 3.8) is 0 Å². The summed E-state index contributed by atoms with van der Waals surface area (Å²) in [7, 11) is 0. The normalized spacial score (nSPS) is 36.4. The van der Waals surface area contributed by atoms with Crippen LogP contribution in [-0.4, -0.2) is 36.6 Å². The molecule has 1 heterocycles. The van der Waals surface area contributed by atoms with Crippen molar-refractivity contribution in [1.29, 1.82) is 0 Å². The maximum atomic E-state index is 3.44. The summed E-state index contributed by atoms with van der Waals surface area (Å²) in [6.07, 6.45) is 8.58. The summed E-state index contributed by atoms with van der Waals surface area (Å²) in [6.45, 7) is 5.91. The van der Waals surface area contributed by atoms with Crippen molar-refractivity contribution >= 4 is 0 Å². The molecule has 74 valence electrons. The van der Waals surface area contributed by atoms with Crippen LogP contribution in [0.2, 0.25) is 0 Å². The summed E-state index contributed by atoms with van der Waals surface area (Å²) in [5.74, 6) is 0. The minimum Gasteiger partial charge on any atom is -0.314 e. The lowest BCUT2D eigenvalue weighted by Crippen LogP contribution is -2.54. The molecular weight excluding hydrogens is 160 g/mol. The summed E-state index contributed by atoms with van der Waals surface area (Å²) in [4.78, 5) is 2.68. The van der Waals surface area contributed by atoms with Gasteiger partial charge < -0.3 is 5.32 Å². The van der Waals surface area contributed by atoms with Crippen LogP contribution >= 0.6 is 0 Å². The highest BCUT2D eigenvalue weighted by atomic mass is 15.2. The Morgan fingerprint density at radius 2 is 2.31 bits per heavy atom. The zero-order valence-corrected chi connectivity index (χ0v) is 8.50. The molecule has 0 amide bonds. The van der Waals surface area contributed by atoms with Gasteiger partial charge in [0.15, 0.2) is 0 Å². The Morgan fingerprint density at radius 3 is 3.00 bits per heavy atom. The second kappa shape index (κ2) is 4.25. The fraction of sp³-hybridized carbons (Fsp3) is 0.818. The van der Waals surface area contributed by atoms with E-state index in [-0.39, 0.29) is 0 Å². The lowest BCUT2D eigenvalue weighted by atomic mass is 9.98. The number of allylic oxidation sites excluding steroid dienone is 1. The van der Waals surface area contributed by atoms with E-state index in [9.17, 15) is 0 Å². The first-order valence-electron chi connectivity index (χ1n) is 5.49. The largest absolute Gasteiger partial charge is 0.314 e. The molecule has 2 unspecified atom stereocenters. The van der Waals surface area contributed by atoms with Crippen molar-refractivity contribution in [3.8, 4) is 0 Å². The van der Waals surface area contributed by atoms with Crippen LogP contribution in [0.4, 0.5) is 0 Å². The van der Waals surface area contributed by atoms with Crippen LogP contribution in [0.25, 0.3) is 0 Å². The summed E-state index contributed by atoms with van der Waals surface area (Å²) in [6, 6.07) is 1.55. The van der Waals surface area contributed by atoms with Gasteiger partial charge in [-0.2, -0.15) is 0 Å². The van der Waals surface area contributed by atoms with Gasteiger partial charge in [0.25, 0.3) is 0 Å². The van der Waals surface area contributed by atoms with Gasteiger partial charge in [0.05, 0.1) is 0 Å². The van der Waals surface area contributed by atoms with Crippen LogP contribution in [0.1, 0.15) is 26.2 Å². The smallest absolute Gasteiger partial charge is 0.0195 e. The molecule has 13 heavy (non-hydrogen) atoms. The molecule has 1 N–H and O–H groups in total. The summed E-state index contributed by atoms with van der Waals surface area (Å²) >= 11 is 0. The second-order valence-corrected chi connectivity index (χ2v) is 4.23. The number of piperazine rings is 1. The number of nitrogens with zero attached hydrogens (tertiary/aromatic N) is 1. The molecule has 2 nitrogen and oxygen atoms in total. The van der Waals surface area contributed by atoms with Gasteiger partial charge in [0.2, 0.25) is 0 Å². The van der Waals surface area contributed by atoms with E-state index in [1.54, 1.807) is 0 Å². The van der Waals surface area contributed by atoms with Gasteiger partial charge in [-0.25, -0.2) is 0 Å². The SMILES string of the molecule is CC1CNCCN1C1CC=CCC1. The third-order valence-electron chi connectivity index (χ3n) is 3.26. The van der Waals surface area contributed by atoms with Gasteiger partial charge in [0, 0.05) is 31.7 Å². The Balaban J connectivity index is 1.93. The zero-order valence-electron chi connectivity index (χ0n) is 8.50. The van der Waals surface area contributed by atoms with E-state index in [0.29, 0.717) is 0 Å². The highest BCUT2D eigenvalue weighted by molar-refractivity contribution is 4.95. The molecule has 1 aliphatic carbocycles. The lowest BCUT2D eigenvalue weighted by molar-refractivity contribution is 0.109. The van der Waals surface area contributed by atoms with E-state index in [4.69, 9.17) is 0 Å². The third kappa shape index (κ3) is 2.12. The molecule has 1 saturated heterocycles. The van der Waals surface area contributed by atoms with Gasteiger partial charge >= 0.3 is 0 Å². The predicted octanol–water partition coefficient (Wildman–Crippen LogP) is 1.39. The third-order valence-corrected chi connectivity index (χ3v) is 3.26. The quantitative estimate of drug-likeness (QED) is 0.613. The second-order valence-electron chi connectivity index (χ2n) is 4.23. The molecule has 2 heteroatoms. The fourth-order valence-electron chi connectivity index (χ4n) is 2.48. The number of nitrogens with one attached hydrogen (secondary N) is 1. The average Bonchev–Trinajstić information content (AvgIpc) is 2.20. The van der Waals surface area contributed by atoms with E-state index in [0.717, 1.165) is 12.1 Å². The molecule has 2 atom stereocenters. The Labute approximate surface area is 81.0 Å². The van der Waals surface area contributed by atoms with Crippen molar-refractivity contribution in [2.75, 3.05) is 19.6 Å². The predicted molar refractivity (Wildman–Crippen MR) is 55.8 cm³/mol. The van der Waals surface area contributed by atoms with Crippen LogP contribution in [-0.2, 0) is 0 Å². The molecule has 1 aliphatic heterocycles. The molecule has 0 spiro atoms. The molecular formula is C11H20N2. The molecule has 2 aliphatic rings. The van der Waals surface area contributed by atoms with Gasteiger partial charge in [-0.15, -0.1) is 0 Å². The highest BCUT2D eigenvalue weighted by Crippen LogP contribution is 2.20. The van der Waals surface area contributed by atoms with Crippen LogP contribution < -0.4 is 5.32 Å². The fourth-order valence-corrected chi connectivity index (χ4v) is 2.48. The van der Waals surface area contributed by atoms with E-state index in [2.05, 4.69) is 29.3 Å². The van der Waals surface area contributed by atoms with Gasteiger partial charge in [-0.1, -0.05) is 12.2 Å². The first-order valence-corrected chi connectivity index (χ1v) is 5.49. The van der Waals surface area contributed by atoms with Crippen molar-refractivity contribution < 1.29 is 0 Å². The zero-order chi connectivity index (χ0) is 9.10. The van der Waals surface area contributed by atoms with E-state index < -0.39 is 0 Å². The number of hydrogen-bond acceptors (Lipinski definition) is 2. The topological polar surface area (TPSA) is 15.3 Å². The van der Waals surface area contributed by atoms with Crippen molar-refractivity contribution in [2.24, 2.45) is 0 Å². The standard InChI is InChI=1S/C11H20N2/c1-10-9-12-7-8-13(10)11-5-3-2-4-6-11/h2-3,10-12H,4-9H2,1H3. The Kier molecular flexibility index (Phi) is 3.01. The van der Waals surface area contributed by atoms with Crippen LogP contribution in [0.3, 0.4) is 0 Å². The maximum absolute atomic E-state index is 3.44. The summed E-state index contributed by atoms with van der Waals surface area (Å²) in [5, 5.41) is 3.44. The summed E-state index contributed by atoms with van der Waals surface area (Å²) in [5.41, 5.74) is 0. The summed E-state index contributed by atoms with van der Waals surface area (Å²) < 4.78 is 0. The first-order chi connectivity index (χ1) is 6.38. The highest BCUT2D eigenvalue weighted by Gasteiger charge is 2.25. The Hall–Kier alpha value is -0.340. The van der Waals surface area contributed by atoms with Gasteiger partial charge in [-0.05, 0) is 26.2 Å². The van der Waals surface area contributed by atoms with Crippen molar-refractivity contribution in [1.82, 2.24) is 10.2 Å². The van der Waals surface area contributed by atoms with E-state index >= 15 is 0 Å². The molecule has 0 saturated carbocycles. The number of hydrogen-bond donors (Lipinski definition) is 1. The van der Waals surface area contributed by atoms with Crippen LogP contribution in [0, 0.1) is 0 Å². The molecule has 1 fully saturated rings. The van der Waals surface area contributed by atoms with Crippen LogP contribution in [0.15, 0.2) is 12.2 Å². The van der Waals surface area contributed by atoms with Gasteiger partial charge in [0.1, 0.15) is 0 Å². The monoisotopic (exact) mass is 180 g/mol.